The first-order chi connectivity index (χ1) is 10.2. The molecule has 1 amide bonds. The lowest BCUT2D eigenvalue weighted by Crippen LogP contribution is -2.27. The summed E-state index contributed by atoms with van der Waals surface area (Å²) in [5, 5.41) is 10.8. The van der Waals surface area contributed by atoms with Gasteiger partial charge in [0.05, 0.1) is 11.5 Å². The van der Waals surface area contributed by atoms with Gasteiger partial charge < -0.3 is 10.0 Å². The molecule has 4 heteroatoms. The van der Waals surface area contributed by atoms with Crippen molar-refractivity contribution in [2.24, 2.45) is 5.92 Å². The van der Waals surface area contributed by atoms with Crippen molar-refractivity contribution in [1.82, 2.24) is 4.90 Å². The van der Waals surface area contributed by atoms with Crippen molar-refractivity contribution in [2.45, 2.75) is 45.1 Å². The molecular formula is C17H23NO2S. The van der Waals surface area contributed by atoms with Crippen LogP contribution in [0.25, 0.3) is 0 Å². The zero-order valence-electron chi connectivity index (χ0n) is 12.6. The summed E-state index contributed by atoms with van der Waals surface area (Å²) < 4.78 is 0. The lowest BCUT2D eigenvalue weighted by Gasteiger charge is -2.18. The Hall–Kier alpha value is -1.31. The van der Waals surface area contributed by atoms with Gasteiger partial charge in [0, 0.05) is 26.4 Å². The van der Waals surface area contributed by atoms with Crippen LogP contribution in [-0.4, -0.2) is 29.6 Å². The van der Waals surface area contributed by atoms with E-state index in [4.69, 9.17) is 5.11 Å². The molecule has 0 saturated heterocycles. The van der Waals surface area contributed by atoms with E-state index < -0.39 is 0 Å². The van der Waals surface area contributed by atoms with E-state index in [0.717, 1.165) is 10.4 Å². The maximum Gasteiger partial charge on any atom is 0.222 e. The van der Waals surface area contributed by atoms with Gasteiger partial charge in [-0.3, -0.25) is 4.79 Å². The Bertz CT molecular complexity index is 520. The third-order valence-electron chi connectivity index (χ3n) is 3.89. The Morgan fingerprint density at radius 3 is 2.95 bits per heavy atom. The minimum Gasteiger partial charge on any atom is -0.395 e. The first kappa shape index (κ1) is 16.1. The molecule has 0 aromatic carbocycles. The number of aliphatic hydroxyl groups is 1. The van der Waals surface area contributed by atoms with Crippen LogP contribution in [0, 0.1) is 17.8 Å². The summed E-state index contributed by atoms with van der Waals surface area (Å²) in [7, 11) is 1.88. The first-order valence-electron chi connectivity index (χ1n) is 7.60. The molecule has 0 atom stereocenters. The van der Waals surface area contributed by atoms with Gasteiger partial charge in [-0.15, -0.1) is 11.3 Å². The number of aliphatic hydroxyl groups excluding tert-OH is 1. The van der Waals surface area contributed by atoms with Crippen LogP contribution in [-0.2, 0) is 11.3 Å². The van der Waals surface area contributed by atoms with Crippen LogP contribution in [0.3, 0.4) is 0 Å². The van der Waals surface area contributed by atoms with Gasteiger partial charge in [-0.25, -0.2) is 0 Å². The van der Waals surface area contributed by atoms with Crippen molar-refractivity contribution < 1.29 is 9.90 Å². The second-order valence-corrected chi connectivity index (χ2v) is 6.61. The summed E-state index contributed by atoms with van der Waals surface area (Å²) >= 11 is 1.59. The second kappa shape index (κ2) is 8.21. The Balaban J connectivity index is 1.83. The lowest BCUT2D eigenvalue weighted by atomic mass is 10.0. The van der Waals surface area contributed by atoms with Crippen LogP contribution in [0.4, 0.5) is 0 Å². The highest BCUT2D eigenvalue weighted by Crippen LogP contribution is 2.28. The molecular weight excluding hydrogens is 282 g/mol. The summed E-state index contributed by atoms with van der Waals surface area (Å²) in [5.74, 6) is 6.80. The predicted octanol–water partition coefficient (Wildman–Crippen LogP) is 3.02. The number of rotatable bonds is 5. The number of hydrogen-bond acceptors (Lipinski definition) is 3. The molecule has 1 heterocycles. The van der Waals surface area contributed by atoms with Gasteiger partial charge in [0.1, 0.15) is 0 Å². The third-order valence-corrected chi connectivity index (χ3v) is 4.78. The highest BCUT2D eigenvalue weighted by atomic mass is 32.1. The van der Waals surface area contributed by atoms with Crippen LogP contribution < -0.4 is 0 Å². The van der Waals surface area contributed by atoms with Gasteiger partial charge >= 0.3 is 0 Å². The number of nitrogens with zero attached hydrogens (tertiary/aromatic N) is 1. The van der Waals surface area contributed by atoms with E-state index in [0.29, 0.717) is 25.3 Å². The van der Waals surface area contributed by atoms with Crippen molar-refractivity contribution in [2.75, 3.05) is 13.7 Å². The number of thiophene rings is 1. The van der Waals surface area contributed by atoms with Gasteiger partial charge in [-0.05, 0) is 35.8 Å². The normalized spacial score (nSPS) is 14.8. The van der Waals surface area contributed by atoms with Gasteiger partial charge in [-0.2, -0.15) is 0 Å². The van der Waals surface area contributed by atoms with Crippen LogP contribution >= 0.6 is 11.3 Å². The zero-order chi connectivity index (χ0) is 15.1. The van der Waals surface area contributed by atoms with Crippen LogP contribution in [0.5, 0.6) is 0 Å². The van der Waals surface area contributed by atoms with E-state index in [9.17, 15) is 4.79 Å². The molecule has 3 nitrogen and oxygen atoms in total. The molecule has 114 valence electrons. The molecule has 0 unspecified atom stereocenters. The summed E-state index contributed by atoms with van der Waals surface area (Å²) in [4.78, 5) is 15.0. The van der Waals surface area contributed by atoms with E-state index in [1.54, 1.807) is 11.3 Å². The van der Waals surface area contributed by atoms with Crippen LogP contribution in [0.15, 0.2) is 11.4 Å². The van der Waals surface area contributed by atoms with Gasteiger partial charge in [0.15, 0.2) is 0 Å². The van der Waals surface area contributed by atoms with E-state index in [1.165, 1.54) is 25.7 Å². The molecule has 1 aliphatic carbocycles. The molecule has 0 radical (unpaired) electrons. The highest BCUT2D eigenvalue weighted by Gasteiger charge is 2.20. The second-order valence-electron chi connectivity index (χ2n) is 5.70. The number of carbonyl (C=O) groups is 1. The SMILES string of the molecule is CN(Cc1csc(C#CCCO)c1)C(=O)CC1CCCC1. The Morgan fingerprint density at radius 1 is 1.48 bits per heavy atom. The molecule has 0 spiro atoms. The monoisotopic (exact) mass is 305 g/mol. The number of hydrogen-bond donors (Lipinski definition) is 1. The minimum absolute atomic E-state index is 0.101. The molecule has 1 aliphatic rings. The minimum atomic E-state index is 0.101. The predicted molar refractivity (Wildman–Crippen MR) is 85.9 cm³/mol. The third kappa shape index (κ3) is 5.18. The van der Waals surface area contributed by atoms with Crippen molar-refractivity contribution in [1.29, 1.82) is 0 Å². The fourth-order valence-corrected chi connectivity index (χ4v) is 3.48. The fraction of sp³-hybridized carbons (Fsp3) is 0.588. The summed E-state index contributed by atoms with van der Waals surface area (Å²) in [6, 6.07) is 2.04. The Kier molecular flexibility index (Phi) is 6.28. The highest BCUT2D eigenvalue weighted by molar-refractivity contribution is 7.10. The van der Waals surface area contributed by atoms with E-state index in [1.807, 2.05) is 18.0 Å². The van der Waals surface area contributed by atoms with Crippen molar-refractivity contribution in [3.05, 3.63) is 21.9 Å². The van der Waals surface area contributed by atoms with E-state index >= 15 is 0 Å². The average Bonchev–Trinajstić information content (AvgIpc) is 3.11. The molecule has 0 bridgehead atoms. The molecule has 1 aromatic heterocycles. The molecule has 1 fully saturated rings. The quantitative estimate of drug-likeness (QED) is 0.850. The standard InChI is InChI=1S/C17H23NO2S/c1-18(17(20)11-14-6-2-3-7-14)12-15-10-16(21-13-15)8-4-5-9-19/h10,13-14,19H,2-3,5-7,9,11-12H2,1H3. The van der Waals surface area contributed by atoms with Crippen molar-refractivity contribution in [3.8, 4) is 11.8 Å². The average molecular weight is 305 g/mol. The molecule has 1 aromatic rings. The lowest BCUT2D eigenvalue weighted by molar-refractivity contribution is -0.131. The fourth-order valence-electron chi connectivity index (χ4n) is 2.71. The molecule has 2 rings (SSSR count). The maximum atomic E-state index is 12.2. The Labute approximate surface area is 131 Å². The van der Waals surface area contributed by atoms with E-state index in [2.05, 4.69) is 17.2 Å². The maximum absolute atomic E-state index is 12.2. The van der Waals surface area contributed by atoms with Gasteiger partial charge in [0.25, 0.3) is 0 Å². The topological polar surface area (TPSA) is 40.5 Å². The number of amides is 1. The Morgan fingerprint density at radius 2 is 2.24 bits per heavy atom. The van der Waals surface area contributed by atoms with Crippen molar-refractivity contribution in [3.63, 3.8) is 0 Å². The van der Waals surface area contributed by atoms with E-state index in [-0.39, 0.29) is 12.5 Å². The largest absolute Gasteiger partial charge is 0.395 e. The number of carbonyl (C=O) groups excluding carboxylic acids is 1. The van der Waals surface area contributed by atoms with Gasteiger partial charge in [0.2, 0.25) is 5.91 Å². The summed E-state index contributed by atoms with van der Waals surface area (Å²) in [6.45, 7) is 0.757. The first-order valence-corrected chi connectivity index (χ1v) is 8.48. The van der Waals surface area contributed by atoms with Crippen molar-refractivity contribution >= 4 is 17.2 Å². The molecule has 0 aliphatic heterocycles. The molecule has 1 N–H and O–H groups in total. The smallest absolute Gasteiger partial charge is 0.222 e. The molecule has 21 heavy (non-hydrogen) atoms. The van der Waals surface area contributed by atoms with Crippen LogP contribution in [0.2, 0.25) is 0 Å². The zero-order valence-corrected chi connectivity index (χ0v) is 13.4. The summed E-state index contributed by atoms with van der Waals surface area (Å²) in [5.41, 5.74) is 1.13. The van der Waals surface area contributed by atoms with Crippen LogP contribution in [0.1, 0.15) is 49.0 Å². The molecule has 1 saturated carbocycles. The summed E-state index contributed by atoms with van der Waals surface area (Å²) in [6.07, 6.45) is 6.19. The van der Waals surface area contributed by atoms with Gasteiger partial charge in [-0.1, -0.05) is 24.7 Å².